The van der Waals surface area contributed by atoms with Crippen molar-refractivity contribution in [3.05, 3.63) is 48.6 Å². The Morgan fingerprint density at radius 1 is 0.917 bits per heavy atom. The zero-order valence-electron chi connectivity index (χ0n) is 14.3. The Labute approximate surface area is 184 Å². The number of unbranched alkanes of at least 4 members (excludes halogenated alkanes) is 4. The fraction of sp³-hybridized carbons (Fsp3) is 0.500. The van der Waals surface area contributed by atoms with Gasteiger partial charge in [-0.15, -0.1) is 12.8 Å². The summed E-state index contributed by atoms with van der Waals surface area (Å²) >= 11 is 0. The summed E-state index contributed by atoms with van der Waals surface area (Å²) < 4.78 is 0. The molecule has 0 heterocycles. The van der Waals surface area contributed by atoms with Crippen molar-refractivity contribution in [2.24, 2.45) is 5.73 Å². The Kier molecular flexibility index (Phi) is 45.6. The van der Waals surface area contributed by atoms with Crippen LogP contribution in [0.3, 0.4) is 0 Å². The van der Waals surface area contributed by atoms with Crippen molar-refractivity contribution in [2.45, 2.75) is 58.3 Å². The van der Waals surface area contributed by atoms with Crippen LogP contribution in [0.5, 0.6) is 0 Å². The second kappa shape index (κ2) is 31.0. The number of hydrogen-bond donors (Lipinski definition) is 1. The van der Waals surface area contributed by atoms with E-state index >= 15 is 0 Å². The Balaban J connectivity index is -0.0000000740. The summed E-state index contributed by atoms with van der Waals surface area (Å²) in [6, 6.07) is 0. The molecule has 24 heavy (non-hydrogen) atoms. The summed E-state index contributed by atoms with van der Waals surface area (Å²) in [5.74, 6) is -0.170. The van der Waals surface area contributed by atoms with E-state index in [1.807, 2.05) is 24.3 Å². The van der Waals surface area contributed by atoms with E-state index in [2.05, 4.69) is 31.2 Å². The number of rotatable bonds is 6. The van der Waals surface area contributed by atoms with Crippen molar-refractivity contribution in [2.75, 3.05) is 0 Å². The third-order valence-corrected chi connectivity index (χ3v) is 2.70. The molecule has 0 aromatic heterocycles. The van der Waals surface area contributed by atoms with Crippen molar-refractivity contribution in [3.8, 4) is 0 Å². The molecule has 0 atom stereocenters. The second-order valence-corrected chi connectivity index (χ2v) is 4.64. The molecule has 2 nitrogen and oxygen atoms in total. The van der Waals surface area contributed by atoms with Crippen LogP contribution in [-0.2, 0) is 41.9 Å². The van der Waals surface area contributed by atoms with Crippen molar-refractivity contribution >= 4 is 5.91 Å². The van der Waals surface area contributed by atoms with Crippen LogP contribution >= 0.6 is 0 Å². The van der Waals surface area contributed by atoms with E-state index in [9.17, 15) is 4.79 Å². The molecule has 2 aliphatic rings. The van der Waals surface area contributed by atoms with Crippen LogP contribution in [0.2, 0.25) is 0 Å². The molecule has 2 N–H and O–H groups in total. The van der Waals surface area contributed by atoms with Crippen molar-refractivity contribution in [1.82, 2.24) is 0 Å². The number of allylic oxidation sites excluding steroid dienone is 8. The Hall–Kier alpha value is 0.179. The molecule has 2 rings (SSSR count). The third-order valence-electron chi connectivity index (χ3n) is 2.70. The Bertz CT molecular complexity index is 315. The fourth-order valence-electron chi connectivity index (χ4n) is 1.58. The van der Waals surface area contributed by atoms with E-state index in [0.29, 0.717) is 6.42 Å². The quantitative estimate of drug-likeness (QED) is 0.390. The van der Waals surface area contributed by atoms with Gasteiger partial charge in [-0.2, -0.15) is 12.2 Å². The SMILES string of the molecule is CCCCCCCC(N)=O.[C-]1=CC=CC1.[C-]1=CC=CC1.[Cl-].[Cl-].[V+2].[V+2]. The number of hydrogen-bond acceptors (Lipinski definition) is 1. The summed E-state index contributed by atoms with van der Waals surface area (Å²) in [6.45, 7) is 2.17. The summed E-state index contributed by atoms with van der Waals surface area (Å²) in [6.07, 6.45) is 26.4. The monoisotopic (exact) mass is 445 g/mol. The van der Waals surface area contributed by atoms with Crippen molar-refractivity contribution < 1.29 is 66.7 Å². The second-order valence-electron chi connectivity index (χ2n) is 4.64. The molecule has 0 aliphatic heterocycles. The summed E-state index contributed by atoms with van der Waals surface area (Å²) in [5, 5.41) is 0. The van der Waals surface area contributed by atoms with Gasteiger partial charge in [-0.05, 0) is 6.42 Å². The zero-order chi connectivity index (χ0) is 14.9. The first-order valence-corrected chi connectivity index (χ1v) is 7.49. The molecule has 0 aromatic rings. The molecular formula is C18H27Cl2NOV2. The van der Waals surface area contributed by atoms with Gasteiger partial charge >= 0.3 is 37.1 Å². The summed E-state index contributed by atoms with van der Waals surface area (Å²) in [7, 11) is 0. The molecule has 0 saturated carbocycles. The van der Waals surface area contributed by atoms with Gasteiger partial charge in [0, 0.05) is 6.42 Å². The van der Waals surface area contributed by atoms with Gasteiger partial charge in [-0.3, -0.25) is 16.9 Å². The van der Waals surface area contributed by atoms with Crippen LogP contribution in [0.4, 0.5) is 0 Å². The topological polar surface area (TPSA) is 43.1 Å². The van der Waals surface area contributed by atoms with Crippen LogP contribution in [0.15, 0.2) is 36.5 Å². The van der Waals surface area contributed by atoms with Crippen LogP contribution < -0.4 is 30.5 Å². The molecule has 0 fully saturated rings. The minimum absolute atomic E-state index is 0. The van der Waals surface area contributed by atoms with E-state index in [1.54, 1.807) is 0 Å². The van der Waals surface area contributed by atoms with Gasteiger partial charge < -0.3 is 30.5 Å². The maximum atomic E-state index is 10.3. The first-order chi connectivity index (χ1) is 9.77. The minimum Gasteiger partial charge on any atom is -1.00 e. The maximum absolute atomic E-state index is 10.3. The van der Waals surface area contributed by atoms with Gasteiger partial charge in [-0.25, -0.2) is 24.3 Å². The fourth-order valence-corrected chi connectivity index (χ4v) is 1.58. The van der Waals surface area contributed by atoms with Gasteiger partial charge in [0.1, 0.15) is 0 Å². The first kappa shape index (κ1) is 35.3. The van der Waals surface area contributed by atoms with Gasteiger partial charge in [0.15, 0.2) is 0 Å². The first-order valence-electron chi connectivity index (χ1n) is 7.49. The smallest absolute Gasteiger partial charge is 1.00 e. The number of carbonyl (C=O) groups is 1. The van der Waals surface area contributed by atoms with E-state index < -0.39 is 0 Å². The average Bonchev–Trinajstić information content (AvgIpc) is 3.16. The predicted octanol–water partition coefficient (Wildman–Crippen LogP) is -1.55. The van der Waals surface area contributed by atoms with Gasteiger partial charge in [0.05, 0.1) is 0 Å². The van der Waals surface area contributed by atoms with Crippen LogP contribution in [0.1, 0.15) is 58.3 Å². The molecule has 2 aliphatic carbocycles. The van der Waals surface area contributed by atoms with Gasteiger partial charge in [0.2, 0.25) is 5.91 Å². The van der Waals surface area contributed by atoms with Crippen molar-refractivity contribution in [3.63, 3.8) is 0 Å². The minimum atomic E-state index is -0.170. The predicted molar refractivity (Wildman–Crippen MR) is 85.7 cm³/mol. The van der Waals surface area contributed by atoms with Gasteiger partial charge in [-0.1, -0.05) is 32.6 Å². The van der Waals surface area contributed by atoms with E-state index in [0.717, 1.165) is 25.7 Å². The molecule has 6 heteroatoms. The van der Waals surface area contributed by atoms with Crippen LogP contribution in [-0.4, -0.2) is 5.91 Å². The van der Waals surface area contributed by atoms with Crippen LogP contribution in [0, 0.1) is 12.2 Å². The molecule has 0 unspecified atom stereocenters. The van der Waals surface area contributed by atoms with Crippen molar-refractivity contribution in [1.29, 1.82) is 0 Å². The third kappa shape index (κ3) is 33.7. The van der Waals surface area contributed by atoms with Gasteiger partial charge in [0.25, 0.3) is 0 Å². The summed E-state index contributed by atoms with van der Waals surface area (Å²) in [5.41, 5.74) is 4.97. The molecule has 0 aromatic carbocycles. The van der Waals surface area contributed by atoms with E-state index in [-0.39, 0.29) is 67.8 Å². The Morgan fingerprint density at radius 3 is 1.62 bits per heavy atom. The number of amides is 1. The maximum Gasteiger partial charge on any atom is 2.00 e. The number of primary amides is 1. The zero-order valence-corrected chi connectivity index (χ0v) is 18.6. The Morgan fingerprint density at radius 2 is 1.38 bits per heavy atom. The molecule has 134 valence electrons. The van der Waals surface area contributed by atoms with Crippen LogP contribution in [0.25, 0.3) is 0 Å². The van der Waals surface area contributed by atoms with E-state index in [4.69, 9.17) is 5.73 Å². The average molecular weight is 446 g/mol. The largest absolute Gasteiger partial charge is 2.00 e. The molecule has 0 bridgehead atoms. The standard InChI is InChI=1S/C8H17NO.2C5H5.2ClH.2V/c1-2-3-4-5-6-7-8(9)10;2*1-2-4-5-3-1;;;;/h2-7H2,1H3,(H2,9,10);2*1-3H,4H2;2*1H;;/q;2*-1;;;2*+2/p-2. The normalized spacial score (nSPS) is 11.4. The molecule has 2 radical (unpaired) electrons. The number of carbonyl (C=O) groups excluding carboxylic acids is 1. The molecule has 0 spiro atoms. The van der Waals surface area contributed by atoms with E-state index in [1.165, 1.54) is 19.3 Å². The summed E-state index contributed by atoms with van der Waals surface area (Å²) in [4.78, 5) is 10.3. The molecular weight excluding hydrogens is 419 g/mol. The molecule has 1 amide bonds. The number of nitrogens with two attached hydrogens (primary N) is 1. The number of halogens is 2. The molecule has 0 saturated heterocycles.